The highest BCUT2D eigenvalue weighted by molar-refractivity contribution is 5.90. The van der Waals surface area contributed by atoms with Gasteiger partial charge in [-0.15, -0.1) is 0 Å². The second-order valence-electron chi connectivity index (χ2n) is 6.83. The fourth-order valence-electron chi connectivity index (χ4n) is 3.57. The number of aryl methyl sites for hydroxylation is 1. The summed E-state index contributed by atoms with van der Waals surface area (Å²) in [5, 5.41) is 16.4. The summed E-state index contributed by atoms with van der Waals surface area (Å²) in [7, 11) is 0. The molecule has 3 aromatic rings. The molecule has 3 heterocycles. The summed E-state index contributed by atoms with van der Waals surface area (Å²) in [6.45, 7) is 1.75. The lowest BCUT2D eigenvalue weighted by molar-refractivity contribution is -0.116. The van der Waals surface area contributed by atoms with Gasteiger partial charge in [-0.05, 0) is 31.9 Å². The third kappa shape index (κ3) is 3.25. The Labute approximate surface area is 165 Å². The fraction of sp³-hybridized carbons (Fsp3) is 0.250. The number of nitriles is 1. The van der Waals surface area contributed by atoms with E-state index < -0.39 is 23.7 Å². The maximum atomic E-state index is 12.6. The van der Waals surface area contributed by atoms with Crippen LogP contribution in [0.25, 0.3) is 5.69 Å². The number of nitrogens with zero attached hydrogens (tertiary/aromatic N) is 5. The number of anilines is 1. The van der Waals surface area contributed by atoms with Crippen molar-refractivity contribution in [2.75, 3.05) is 5.32 Å². The average Bonchev–Trinajstić information content (AvgIpc) is 3.33. The molecule has 0 radical (unpaired) electrons. The van der Waals surface area contributed by atoms with Gasteiger partial charge < -0.3 is 5.32 Å². The Hall–Kier alpha value is -3.93. The van der Waals surface area contributed by atoms with Crippen molar-refractivity contribution in [3.63, 3.8) is 0 Å². The van der Waals surface area contributed by atoms with E-state index in [1.807, 2.05) is 36.4 Å². The van der Waals surface area contributed by atoms with Crippen molar-refractivity contribution in [3.05, 3.63) is 74.2 Å². The summed E-state index contributed by atoms with van der Waals surface area (Å²) in [5.41, 5.74) is 0.554. The molecule has 0 unspecified atom stereocenters. The molecule has 0 bridgehead atoms. The summed E-state index contributed by atoms with van der Waals surface area (Å²) in [6, 6.07) is 12.9. The second-order valence-corrected chi connectivity index (χ2v) is 6.83. The quantitative estimate of drug-likeness (QED) is 0.713. The van der Waals surface area contributed by atoms with Crippen molar-refractivity contribution < 1.29 is 4.79 Å². The molecule has 0 saturated heterocycles. The first-order chi connectivity index (χ1) is 14.0. The van der Waals surface area contributed by atoms with E-state index in [4.69, 9.17) is 0 Å². The molecule has 1 aliphatic heterocycles. The smallest absolute Gasteiger partial charge is 0.309 e. The van der Waals surface area contributed by atoms with E-state index in [1.165, 1.54) is 4.57 Å². The molecule has 9 heteroatoms. The average molecular weight is 390 g/mol. The van der Waals surface area contributed by atoms with Gasteiger partial charge in [0.05, 0.1) is 11.4 Å². The maximum absolute atomic E-state index is 12.6. The third-order valence-electron chi connectivity index (χ3n) is 4.84. The molecule has 0 saturated carbocycles. The largest absolute Gasteiger partial charge is 0.331 e. The van der Waals surface area contributed by atoms with Gasteiger partial charge in [0.1, 0.15) is 24.0 Å². The molecule has 1 aliphatic rings. The predicted molar refractivity (Wildman–Crippen MR) is 105 cm³/mol. The number of carbonyl (C=O) groups excluding carboxylic acids is 1. The topological polar surface area (TPSA) is 115 Å². The van der Waals surface area contributed by atoms with Crippen molar-refractivity contribution in [1.82, 2.24) is 18.9 Å². The zero-order valence-corrected chi connectivity index (χ0v) is 15.8. The molecule has 29 heavy (non-hydrogen) atoms. The fourth-order valence-corrected chi connectivity index (χ4v) is 3.57. The maximum Gasteiger partial charge on any atom is 0.331 e. The lowest BCUT2D eigenvalue weighted by Gasteiger charge is -2.12. The summed E-state index contributed by atoms with van der Waals surface area (Å²) in [4.78, 5) is 37.9. The summed E-state index contributed by atoms with van der Waals surface area (Å²) >= 11 is 0. The van der Waals surface area contributed by atoms with E-state index >= 15 is 0 Å². The molecule has 2 aromatic heterocycles. The first-order valence-electron chi connectivity index (χ1n) is 9.18. The Kier molecular flexibility index (Phi) is 4.60. The minimum Gasteiger partial charge on any atom is -0.309 e. The van der Waals surface area contributed by atoms with Crippen LogP contribution < -0.4 is 16.6 Å². The molecule has 1 amide bonds. The minimum atomic E-state index is -0.728. The zero-order chi connectivity index (χ0) is 20.5. The highest BCUT2D eigenvalue weighted by Crippen LogP contribution is 2.17. The van der Waals surface area contributed by atoms with Crippen LogP contribution >= 0.6 is 0 Å². The van der Waals surface area contributed by atoms with Crippen LogP contribution in [0.5, 0.6) is 0 Å². The number of para-hydroxylation sites is 1. The molecule has 4 rings (SSSR count). The van der Waals surface area contributed by atoms with Crippen molar-refractivity contribution >= 4 is 11.7 Å². The Morgan fingerprint density at radius 2 is 2.03 bits per heavy atom. The van der Waals surface area contributed by atoms with Crippen LogP contribution in [0.2, 0.25) is 0 Å². The van der Waals surface area contributed by atoms with Crippen LogP contribution in [-0.2, 0) is 24.3 Å². The predicted octanol–water partition coefficient (Wildman–Crippen LogP) is 0.961. The second kappa shape index (κ2) is 7.24. The van der Waals surface area contributed by atoms with Gasteiger partial charge in [-0.3, -0.25) is 14.2 Å². The number of amides is 1. The molecule has 146 valence electrons. The van der Waals surface area contributed by atoms with Crippen LogP contribution in [-0.4, -0.2) is 24.8 Å². The van der Waals surface area contributed by atoms with Gasteiger partial charge in [-0.25, -0.2) is 14.0 Å². The first-order valence-corrected chi connectivity index (χ1v) is 9.18. The number of nitrogens with one attached hydrogen (secondary N) is 1. The minimum absolute atomic E-state index is 0.0694. The van der Waals surface area contributed by atoms with Gasteiger partial charge in [0.25, 0.3) is 5.56 Å². The number of carbonyl (C=O) groups is 1. The number of hydrogen-bond acceptors (Lipinski definition) is 5. The van der Waals surface area contributed by atoms with Gasteiger partial charge in [-0.2, -0.15) is 10.4 Å². The Bertz CT molecular complexity index is 1260. The van der Waals surface area contributed by atoms with Gasteiger partial charge in [0.2, 0.25) is 5.91 Å². The van der Waals surface area contributed by atoms with Crippen molar-refractivity contribution in [2.45, 2.75) is 32.9 Å². The molecule has 0 fully saturated rings. The molecular formula is C20H18N6O3. The number of hydrogen-bond donors (Lipinski definition) is 1. The van der Waals surface area contributed by atoms with E-state index in [-0.39, 0.29) is 5.56 Å². The highest BCUT2D eigenvalue weighted by Gasteiger charge is 2.23. The van der Waals surface area contributed by atoms with Crippen LogP contribution in [0.1, 0.15) is 23.4 Å². The van der Waals surface area contributed by atoms with Crippen LogP contribution in [0, 0.1) is 18.3 Å². The standard InChI is InChI=1S/C20H18N6O3/c1-13-10-17(26(23-13)14-6-3-2-4-7-14)22-18(27)12-25-19(28)15(11-21)16-8-5-9-24(16)20(25)29/h2-4,6-7,10H,5,8-9,12H2,1H3,(H,22,27). The van der Waals surface area contributed by atoms with Gasteiger partial charge in [0, 0.05) is 18.3 Å². The lowest BCUT2D eigenvalue weighted by Crippen LogP contribution is -2.44. The molecule has 0 spiro atoms. The first kappa shape index (κ1) is 18.4. The van der Waals surface area contributed by atoms with E-state index in [2.05, 4.69) is 10.4 Å². The Morgan fingerprint density at radius 1 is 1.28 bits per heavy atom. The Balaban J connectivity index is 1.66. The van der Waals surface area contributed by atoms with Gasteiger partial charge in [0.15, 0.2) is 0 Å². The molecular weight excluding hydrogens is 372 g/mol. The molecule has 1 aromatic carbocycles. The van der Waals surface area contributed by atoms with Crippen LogP contribution in [0.3, 0.4) is 0 Å². The number of benzene rings is 1. The van der Waals surface area contributed by atoms with E-state index in [1.54, 1.807) is 17.7 Å². The van der Waals surface area contributed by atoms with Gasteiger partial charge >= 0.3 is 5.69 Å². The van der Waals surface area contributed by atoms with Crippen molar-refractivity contribution in [3.8, 4) is 11.8 Å². The number of rotatable bonds is 4. The molecule has 0 aliphatic carbocycles. The van der Waals surface area contributed by atoms with E-state index in [0.29, 0.717) is 36.6 Å². The number of aromatic nitrogens is 4. The normalized spacial score (nSPS) is 12.4. The van der Waals surface area contributed by atoms with Crippen LogP contribution in [0.4, 0.5) is 5.82 Å². The molecule has 9 nitrogen and oxygen atoms in total. The lowest BCUT2D eigenvalue weighted by atomic mass is 10.2. The number of fused-ring (bicyclic) bond motifs is 1. The van der Waals surface area contributed by atoms with Crippen molar-refractivity contribution in [1.29, 1.82) is 5.26 Å². The zero-order valence-electron chi connectivity index (χ0n) is 15.8. The van der Waals surface area contributed by atoms with Gasteiger partial charge in [-0.1, -0.05) is 18.2 Å². The summed E-state index contributed by atoms with van der Waals surface area (Å²) in [5.74, 6) is -0.128. The monoisotopic (exact) mass is 390 g/mol. The molecule has 1 N–H and O–H groups in total. The van der Waals surface area contributed by atoms with Crippen LogP contribution in [0.15, 0.2) is 46.0 Å². The summed E-state index contributed by atoms with van der Waals surface area (Å²) in [6.07, 6.45) is 1.20. The highest BCUT2D eigenvalue weighted by atomic mass is 16.2. The molecule has 0 atom stereocenters. The Morgan fingerprint density at radius 3 is 2.76 bits per heavy atom. The van der Waals surface area contributed by atoms with E-state index in [9.17, 15) is 19.6 Å². The van der Waals surface area contributed by atoms with E-state index in [0.717, 1.165) is 10.3 Å². The SMILES string of the molecule is Cc1cc(NC(=O)Cn2c(=O)c(C#N)c3n(c2=O)CCC3)n(-c2ccccc2)n1. The summed E-state index contributed by atoms with van der Waals surface area (Å²) < 4.78 is 3.80. The third-order valence-corrected chi connectivity index (χ3v) is 4.84. The van der Waals surface area contributed by atoms with Crippen molar-refractivity contribution in [2.24, 2.45) is 0 Å².